The summed E-state index contributed by atoms with van der Waals surface area (Å²) in [6.45, 7) is 12.3. The molecule has 6 aromatic rings. The van der Waals surface area contributed by atoms with E-state index in [9.17, 15) is 29.1 Å². The normalized spacial score (nSPS) is 16.2. The summed E-state index contributed by atoms with van der Waals surface area (Å²) in [7, 11) is 0. The van der Waals surface area contributed by atoms with Crippen LogP contribution in [0, 0.1) is 19.3 Å². The second-order valence-corrected chi connectivity index (χ2v) is 20.9. The van der Waals surface area contributed by atoms with Crippen LogP contribution in [-0.4, -0.2) is 147 Å². The van der Waals surface area contributed by atoms with Gasteiger partial charge in [0.25, 0.3) is 5.91 Å². The van der Waals surface area contributed by atoms with Gasteiger partial charge in [-0.05, 0) is 84.0 Å². The minimum absolute atomic E-state index is 0.0393. The molecule has 8 rings (SSSR count). The molecule has 0 aliphatic carbocycles. The fourth-order valence-electron chi connectivity index (χ4n) is 8.94. The highest BCUT2D eigenvalue weighted by Crippen LogP contribution is 2.29. The smallest absolute Gasteiger partial charge is 0.255 e. The zero-order valence-corrected chi connectivity index (χ0v) is 44.3. The molecule has 3 aromatic carbocycles. The van der Waals surface area contributed by atoms with Crippen LogP contribution in [0.1, 0.15) is 59.9 Å². The number of hydrogen-bond donors (Lipinski definition) is 5. The molecule has 0 bridgehead atoms. The van der Waals surface area contributed by atoms with Crippen molar-refractivity contribution in [3.63, 3.8) is 0 Å². The molecule has 398 valence electrons. The van der Waals surface area contributed by atoms with Gasteiger partial charge in [-0.3, -0.25) is 33.9 Å². The van der Waals surface area contributed by atoms with E-state index < -0.39 is 35.4 Å². The number of rotatable bonds is 20. The third-order valence-electron chi connectivity index (χ3n) is 13.2. The highest BCUT2D eigenvalue weighted by molar-refractivity contribution is 7.13. The zero-order valence-electron chi connectivity index (χ0n) is 43.5. The van der Waals surface area contributed by atoms with Crippen LogP contribution < -0.4 is 21.3 Å². The number of carbonyl (C=O) groups excluding carboxylic acids is 5. The number of aliphatic hydroxyl groups is 1. The third-order valence-corrected chi connectivity index (χ3v) is 14.2. The van der Waals surface area contributed by atoms with Crippen LogP contribution in [0.3, 0.4) is 0 Å². The molecule has 5 amide bonds. The number of benzene rings is 3. The molecular formula is C56H65N11O8S. The molecule has 0 saturated carbocycles. The first-order valence-electron chi connectivity index (χ1n) is 25.3. The molecule has 2 fully saturated rings. The van der Waals surface area contributed by atoms with Crippen molar-refractivity contribution in [3.8, 4) is 21.7 Å². The number of ether oxygens (including phenoxy) is 2. The van der Waals surface area contributed by atoms with Gasteiger partial charge in [-0.1, -0.05) is 63.2 Å². The van der Waals surface area contributed by atoms with Crippen molar-refractivity contribution in [2.24, 2.45) is 5.41 Å². The third kappa shape index (κ3) is 14.7. The largest absolute Gasteiger partial charge is 0.391 e. The number of piperazine rings is 1. The zero-order chi connectivity index (χ0) is 53.8. The maximum absolute atomic E-state index is 14.0. The Morgan fingerprint density at radius 2 is 1.58 bits per heavy atom. The molecule has 2 saturated heterocycles. The Kier molecular flexibility index (Phi) is 18.3. The van der Waals surface area contributed by atoms with Crippen LogP contribution in [0.15, 0.2) is 109 Å². The van der Waals surface area contributed by atoms with Gasteiger partial charge in [0.15, 0.2) is 0 Å². The van der Waals surface area contributed by atoms with Crippen molar-refractivity contribution in [2.45, 2.75) is 72.3 Å². The van der Waals surface area contributed by atoms with Crippen molar-refractivity contribution in [2.75, 3.05) is 69.8 Å². The predicted octanol–water partition coefficient (Wildman–Crippen LogP) is 5.76. The second-order valence-electron chi connectivity index (χ2n) is 20.0. The van der Waals surface area contributed by atoms with Crippen LogP contribution in [0.25, 0.3) is 21.7 Å². The minimum atomic E-state index is -1.00. The number of aromatic nitrogens is 4. The maximum atomic E-state index is 14.0. The Balaban J connectivity index is 0.710. The van der Waals surface area contributed by atoms with E-state index in [4.69, 9.17) is 9.47 Å². The minimum Gasteiger partial charge on any atom is -0.391 e. The first kappa shape index (κ1) is 54.8. The number of likely N-dealkylation sites (tertiary alicyclic amines) is 1. The summed E-state index contributed by atoms with van der Waals surface area (Å²) in [5.41, 5.74) is 9.46. The van der Waals surface area contributed by atoms with Gasteiger partial charge in [0.05, 0.1) is 41.1 Å². The van der Waals surface area contributed by atoms with Gasteiger partial charge in [-0.2, -0.15) is 0 Å². The van der Waals surface area contributed by atoms with Crippen LogP contribution >= 0.6 is 11.3 Å². The summed E-state index contributed by atoms with van der Waals surface area (Å²) in [5, 5.41) is 22.6. The Morgan fingerprint density at radius 1 is 0.842 bits per heavy atom. The van der Waals surface area contributed by atoms with E-state index >= 15 is 0 Å². The van der Waals surface area contributed by atoms with E-state index in [1.165, 1.54) is 4.90 Å². The number of aliphatic hydroxyl groups excluding tert-OH is 1. The molecule has 20 heteroatoms. The topological polar surface area (TPSA) is 233 Å². The van der Waals surface area contributed by atoms with Gasteiger partial charge >= 0.3 is 0 Å². The van der Waals surface area contributed by atoms with Gasteiger partial charge in [-0.25, -0.2) is 15.0 Å². The monoisotopic (exact) mass is 1050 g/mol. The van der Waals surface area contributed by atoms with Gasteiger partial charge in [0, 0.05) is 93.3 Å². The van der Waals surface area contributed by atoms with Crippen molar-refractivity contribution in [3.05, 3.63) is 137 Å². The number of thiazole rings is 1. The Labute approximate surface area is 446 Å². The van der Waals surface area contributed by atoms with E-state index in [-0.39, 0.29) is 63.7 Å². The number of carbonyl (C=O) groups is 5. The van der Waals surface area contributed by atoms with Gasteiger partial charge < -0.3 is 45.6 Å². The number of pyridine rings is 1. The molecular weight excluding hydrogens is 987 g/mol. The lowest BCUT2D eigenvalue weighted by Gasteiger charge is -2.35. The summed E-state index contributed by atoms with van der Waals surface area (Å²) in [5.74, 6) is -1.35. The summed E-state index contributed by atoms with van der Waals surface area (Å²) in [6, 6.07) is 24.6. The number of β-amino-alcohol motifs (C(OH)–C–C–N with tert-alkyl or cyclic N) is 1. The van der Waals surface area contributed by atoms with E-state index in [1.807, 2.05) is 107 Å². The maximum Gasteiger partial charge on any atom is 0.255 e. The van der Waals surface area contributed by atoms with Crippen LogP contribution in [0.2, 0.25) is 0 Å². The SMILES string of the molecule is Cc1ccc(NC(=O)c2ccc(CN3CCN(C(=O)COCCOCC(=O)N[C@H](C(=O)N4C[C@H](O)C[C@H]4C(=O)NCc4ccc(-c5scnc5C)cc4)C(C)(C)C)CC3)cc2)cc1Nc1nccc(-c2cccnc2)n1. The van der Waals surface area contributed by atoms with Crippen molar-refractivity contribution in [1.29, 1.82) is 0 Å². The fraction of sp³-hybridized carbons (Fsp3) is 0.375. The number of nitrogens with one attached hydrogen (secondary N) is 4. The van der Waals surface area contributed by atoms with E-state index in [1.54, 1.807) is 52.5 Å². The summed E-state index contributed by atoms with van der Waals surface area (Å²) in [4.78, 5) is 90.8. The first-order valence-corrected chi connectivity index (χ1v) is 26.2. The Bertz CT molecular complexity index is 2960. The second kappa shape index (κ2) is 25.4. The number of amides is 5. The molecule has 19 nitrogen and oxygen atoms in total. The molecule has 5 N–H and O–H groups in total. The molecule has 3 atom stereocenters. The van der Waals surface area contributed by atoms with Crippen LogP contribution in [0.5, 0.6) is 0 Å². The Morgan fingerprint density at radius 3 is 2.28 bits per heavy atom. The predicted molar refractivity (Wildman–Crippen MR) is 289 cm³/mol. The molecule has 2 aliphatic heterocycles. The van der Waals surface area contributed by atoms with Gasteiger partial charge in [0.2, 0.25) is 29.6 Å². The van der Waals surface area contributed by atoms with Crippen LogP contribution in [0.4, 0.5) is 17.3 Å². The lowest BCUT2D eigenvalue weighted by atomic mass is 9.85. The first-order chi connectivity index (χ1) is 36.6. The highest BCUT2D eigenvalue weighted by Gasteiger charge is 2.44. The van der Waals surface area contributed by atoms with E-state index in [2.05, 4.69) is 46.1 Å². The molecule has 0 spiro atoms. The molecule has 2 aliphatic rings. The van der Waals surface area contributed by atoms with Crippen molar-refractivity contribution < 1.29 is 38.6 Å². The van der Waals surface area contributed by atoms with Crippen LogP contribution in [-0.2, 0) is 41.7 Å². The average Bonchev–Trinajstić information content (AvgIpc) is 4.04. The number of nitrogens with zero attached hydrogens (tertiary/aromatic N) is 7. The lowest BCUT2D eigenvalue weighted by Crippen LogP contribution is -2.58. The summed E-state index contributed by atoms with van der Waals surface area (Å²) < 4.78 is 11.2. The molecule has 3 aromatic heterocycles. The number of anilines is 3. The highest BCUT2D eigenvalue weighted by atomic mass is 32.1. The quantitative estimate of drug-likeness (QED) is 0.0573. The number of hydrogen-bond acceptors (Lipinski definition) is 15. The Hall–Kier alpha value is -7.49. The molecule has 0 radical (unpaired) electrons. The molecule has 5 heterocycles. The fourth-order valence-corrected chi connectivity index (χ4v) is 9.76. The van der Waals surface area contributed by atoms with Crippen molar-refractivity contribution >= 4 is 58.2 Å². The summed E-state index contributed by atoms with van der Waals surface area (Å²) >= 11 is 1.56. The average molecular weight is 1050 g/mol. The standard InChI is InChI=1S/C56H65N11O8S/c1-36-8-17-43(27-46(36)63-55-58-20-18-45(62-55)42-7-6-19-57-30-42)61-52(71)41-15-11-39(12-16-41)31-65-21-23-66(24-22-65)49(70)34-75-26-25-74-33-48(69)64-51(56(3,4)5)54(73)67-32-44(68)28-47(67)53(72)59-29-38-9-13-40(14-10-38)50-37(2)60-35-76-50/h6-20,27,30,35,44,47,51,68H,21-26,28-29,31-34H2,1-5H3,(H,59,72)(H,61,71)(H,64,69)(H,58,62,63)/t44-,47+,51-/m1/s1. The lowest BCUT2D eigenvalue weighted by molar-refractivity contribution is -0.144. The van der Waals surface area contributed by atoms with Crippen molar-refractivity contribution in [1.82, 2.24) is 45.3 Å². The molecule has 0 unspecified atom stereocenters. The van der Waals surface area contributed by atoms with E-state index in [0.29, 0.717) is 49.9 Å². The molecule has 76 heavy (non-hydrogen) atoms. The van der Waals surface area contributed by atoms with Gasteiger partial charge in [-0.15, -0.1) is 11.3 Å². The number of aryl methyl sites for hydroxylation is 2. The van der Waals surface area contributed by atoms with Gasteiger partial charge in [0.1, 0.15) is 25.3 Å². The van der Waals surface area contributed by atoms with E-state index in [0.717, 1.165) is 49.8 Å². The summed E-state index contributed by atoms with van der Waals surface area (Å²) in [6.07, 6.45) is 4.32.